The fourth-order valence-electron chi connectivity index (χ4n) is 2.58. The van der Waals surface area contributed by atoms with Gasteiger partial charge in [-0.3, -0.25) is 4.79 Å². The summed E-state index contributed by atoms with van der Waals surface area (Å²) in [4.78, 5) is 11.4. The zero-order valence-electron chi connectivity index (χ0n) is 11.1. The first-order valence-electron chi connectivity index (χ1n) is 6.48. The smallest absolute Gasteiger partial charge is 0.228 e. The van der Waals surface area contributed by atoms with E-state index in [0.29, 0.717) is 11.4 Å². The van der Waals surface area contributed by atoms with Gasteiger partial charge in [-0.2, -0.15) is 0 Å². The number of halogens is 1. The summed E-state index contributed by atoms with van der Waals surface area (Å²) in [5.74, 6) is 0.0318. The summed E-state index contributed by atoms with van der Waals surface area (Å²) in [7, 11) is 0. The van der Waals surface area contributed by atoms with E-state index in [1.807, 2.05) is 43.3 Å². The van der Waals surface area contributed by atoms with Gasteiger partial charge in [-0.15, -0.1) is 0 Å². The second-order valence-corrected chi connectivity index (χ2v) is 5.62. The molecule has 4 heteroatoms. The van der Waals surface area contributed by atoms with Gasteiger partial charge in [-0.05, 0) is 47.4 Å². The third-order valence-corrected chi connectivity index (χ3v) is 3.76. The predicted molar refractivity (Wildman–Crippen MR) is 81.0 cm³/mol. The highest BCUT2D eigenvalue weighted by Gasteiger charge is 2.19. The van der Waals surface area contributed by atoms with E-state index in [9.17, 15) is 4.79 Å². The number of benzene rings is 2. The predicted octanol–water partition coefficient (Wildman–Crippen LogP) is 3.19. The monoisotopic (exact) mass is 286 g/mol. The highest BCUT2D eigenvalue weighted by atomic mass is 35.5. The van der Waals surface area contributed by atoms with Crippen molar-refractivity contribution in [3.05, 3.63) is 63.7 Å². The van der Waals surface area contributed by atoms with Crippen molar-refractivity contribution in [1.29, 1.82) is 0 Å². The molecule has 1 atom stereocenters. The molecule has 2 aromatic carbocycles. The first-order chi connectivity index (χ1) is 9.52. The lowest BCUT2D eigenvalue weighted by atomic mass is 9.96. The van der Waals surface area contributed by atoms with Gasteiger partial charge in [0.15, 0.2) is 0 Å². The van der Waals surface area contributed by atoms with E-state index in [1.54, 1.807) is 0 Å². The van der Waals surface area contributed by atoms with E-state index in [-0.39, 0.29) is 11.9 Å². The zero-order valence-corrected chi connectivity index (χ0v) is 11.9. The van der Waals surface area contributed by atoms with Crippen LogP contribution in [-0.2, 0) is 11.2 Å². The molecule has 1 aliphatic heterocycles. The number of hydrogen-bond acceptors (Lipinski definition) is 2. The summed E-state index contributed by atoms with van der Waals surface area (Å²) in [6, 6.07) is 11.4. The molecular weight excluding hydrogens is 272 g/mol. The van der Waals surface area contributed by atoms with E-state index in [0.717, 1.165) is 27.9 Å². The van der Waals surface area contributed by atoms with Gasteiger partial charge >= 0.3 is 0 Å². The van der Waals surface area contributed by atoms with Crippen LogP contribution in [0.15, 0.2) is 36.4 Å². The maximum absolute atomic E-state index is 11.4. The minimum atomic E-state index is -0.242. The molecule has 3 rings (SSSR count). The maximum Gasteiger partial charge on any atom is 0.228 e. The molecule has 20 heavy (non-hydrogen) atoms. The average Bonchev–Trinajstić information content (AvgIpc) is 2.75. The van der Waals surface area contributed by atoms with Crippen LogP contribution >= 0.6 is 11.6 Å². The first kappa shape index (κ1) is 13.2. The minimum absolute atomic E-state index is 0.0318. The number of nitrogens with two attached hydrogens (primary N) is 1. The lowest BCUT2D eigenvalue weighted by Gasteiger charge is -2.15. The Bertz CT molecular complexity index is 677. The van der Waals surface area contributed by atoms with E-state index in [2.05, 4.69) is 5.32 Å². The fraction of sp³-hybridized carbons (Fsp3) is 0.188. The number of anilines is 1. The standard InChI is InChI=1S/C16H15ClN2O/c1-9-4-12(7-13(17)5-9)16(18)10-2-3-14-11(6-10)8-15(20)19-14/h2-7,16H,8,18H2,1H3,(H,19,20). The molecule has 0 radical (unpaired) electrons. The van der Waals surface area contributed by atoms with Crippen molar-refractivity contribution in [3.63, 3.8) is 0 Å². The molecule has 0 bridgehead atoms. The molecule has 0 aliphatic carbocycles. The van der Waals surface area contributed by atoms with Crippen LogP contribution in [0.4, 0.5) is 5.69 Å². The van der Waals surface area contributed by atoms with Crippen molar-refractivity contribution in [1.82, 2.24) is 0 Å². The molecule has 1 unspecified atom stereocenters. The quantitative estimate of drug-likeness (QED) is 0.891. The molecule has 1 amide bonds. The Morgan fingerprint density at radius 1 is 1.20 bits per heavy atom. The number of rotatable bonds is 2. The zero-order chi connectivity index (χ0) is 14.3. The van der Waals surface area contributed by atoms with Gasteiger partial charge in [-0.1, -0.05) is 29.8 Å². The third-order valence-electron chi connectivity index (χ3n) is 3.54. The highest BCUT2D eigenvalue weighted by Crippen LogP contribution is 2.29. The van der Waals surface area contributed by atoms with E-state index in [4.69, 9.17) is 17.3 Å². The van der Waals surface area contributed by atoms with Gasteiger partial charge in [-0.25, -0.2) is 0 Å². The molecule has 3 N–H and O–H groups in total. The summed E-state index contributed by atoms with van der Waals surface area (Å²) >= 11 is 6.08. The van der Waals surface area contributed by atoms with Crippen molar-refractivity contribution in [3.8, 4) is 0 Å². The number of fused-ring (bicyclic) bond motifs is 1. The number of amides is 1. The summed E-state index contributed by atoms with van der Waals surface area (Å²) in [6.45, 7) is 1.99. The molecular formula is C16H15ClN2O. The van der Waals surface area contributed by atoms with Crippen molar-refractivity contribution in [2.75, 3.05) is 5.32 Å². The highest BCUT2D eigenvalue weighted by molar-refractivity contribution is 6.30. The van der Waals surface area contributed by atoms with Crippen molar-refractivity contribution >= 4 is 23.2 Å². The Morgan fingerprint density at radius 2 is 2.00 bits per heavy atom. The van der Waals surface area contributed by atoms with Crippen molar-refractivity contribution in [2.24, 2.45) is 5.73 Å². The number of carbonyl (C=O) groups is 1. The SMILES string of the molecule is Cc1cc(Cl)cc(C(N)c2ccc3c(c2)CC(=O)N3)c1. The Kier molecular flexibility index (Phi) is 3.24. The number of hydrogen-bond donors (Lipinski definition) is 2. The summed E-state index contributed by atoms with van der Waals surface area (Å²) < 4.78 is 0. The number of carbonyl (C=O) groups excluding carboxylic acids is 1. The largest absolute Gasteiger partial charge is 0.326 e. The molecule has 2 aromatic rings. The first-order valence-corrected chi connectivity index (χ1v) is 6.86. The third kappa shape index (κ3) is 2.42. The van der Waals surface area contributed by atoms with Crippen molar-refractivity contribution in [2.45, 2.75) is 19.4 Å². The van der Waals surface area contributed by atoms with Crippen LogP contribution in [0.5, 0.6) is 0 Å². The van der Waals surface area contributed by atoms with Gasteiger partial charge in [0.05, 0.1) is 12.5 Å². The molecule has 3 nitrogen and oxygen atoms in total. The molecule has 102 valence electrons. The van der Waals surface area contributed by atoms with E-state index < -0.39 is 0 Å². The number of aryl methyl sites for hydroxylation is 1. The van der Waals surface area contributed by atoms with Gasteiger partial charge in [0.25, 0.3) is 0 Å². The van der Waals surface area contributed by atoms with E-state index in [1.165, 1.54) is 0 Å². The van der Waals surface area contributed by atoms with Crippen LogP contribution < -0.4 is 11.1 Å². The molecule has 1 aliphatic rings. The molecule has 1 heterocycles. The van der Waals surface area contributed by atoms with Gasteiger partial charge in [0, 0.05) is 10.7 Å². The van der Waals surface area contributed by atoms with Crippen LogP contribution in [0, 0.1) is 6.92 Å². The normalized spacial score (nSPS) is 14.8. The Balaban J connectivity index is 1.97. The number of nitrogens with one attached hydrogen (secondary N) is 1. The minimum Gasteiger partial charge on any atom is -0.326 e. The van der Waals surface area contributed by atoms with Crippen LogP contribution in [0.1, 0.15) is 28.3 Å². The average molecular weight is 287 g/mol. The molecule has 0 aromatic heterocycles. The van der Waals surface area contributed by atoms with Crippen molar-refractivity contribution < 1.29 is 4.79 Å². The lowest BCUT2D eigenvalue weighted by molar-refractivity contribution is -0.115. The Labute approximate surface area is 122 Å². The molecule has 0 saturated heterocycles. The van der Waals surface area contributed by atoms with Crippen LogP contribution in [0.25, 0.3) is 0 Å². The van der Waals surface area contributed by atoms with E-state index >= 15 is 0 Å². The summed E-state index contributed by atoms with van der Waals surface area (Å²) in [6.07, 6.45) is 0.421. The Morgan fingerprint density at radius 3 is 2.75 bits per heavy atom. The van der Waals surface area contributed by atoms with Gasteiger partial charge in [0.1, 0.15) is 0 Å². The maximum atomic E-state index is 11.4. The van der Waals surface area contributed by atoms with Gasteiger partial charge in [0.2, 0.25) is 5.91 Å². The van der Waals surface area contributed by atoms with Crippen LogP contribution in [0.3, 0.4) is 0 Å². The molecule has 0 spiro atoms. The Hall–Kier alpha value is -1.84. The van der Waals surface area contributed by atoms with Crippen LogP contribution in [0.2, 0.25) is 5.02 Å². The summed E-state index contributed by atoms with van der Waals surface area (Å²) in [5, 5.41) is 3.51. The van der Waals surface area contributed by atoms with Gasteiger partial charge < -0.3 is 11.1 Å². The fourth-order valence-corrected chi connectivity index (χ4v) is 2.88. The van der Waals surface area contributed by atoms with Crippen LogP contribution in [-0.4, -0.2) is 5.91 Å². The summed E-state index contributed by atoms with van der Waals surface area (Å²) in [5.41, 5.74) is 11.3. The lowest BCUT2D eigenvalue weighted by Crippen LogP contribution is -2.12. The second kappa shape index (κ2) is 4.93. The molecule has 0 fully saturated rings. The second-order valence-electron chi connectivity index (χ2n) is 5.18. The molecule has 0 saturated carbocycles. The topological polar surface area (TPSA) is 55.1 Å².